The SMILES string of the molecule is COc1ccc(NCc2cn[nH]c2-c2cccnc2)cn1. The summed E-state index contributed by atoms with van der Waals surface area (Å²) in [5.41, 5.74) is 3.98. The number of pyridine rings is 2. The molecular weight excluding hydrogens is 266 g/mol. The Morgan fingerprint density at radius 3 is 2.86 bits per heavy atom. The summed E-state index contributed by atoms with van der Waals surface area (Å²) >= 11 is 0. The molecule has 0 saturated carbocycles. The van der Waals surface area contributed by atoms with Crippen LogP contribution in [0.5, 0.6) is 5.88 Å². The Hall–Kier alpha value is -2.89. The second-order valence-electron chi connectivity index (χ2n) is 4.45. The van der Waals surface area contributed by atoms with Crippen LogP contribution < -0.4 is 10.1 Å². The number of H-pyrrole nitrogens is 1. The molecule has 2 N–H and O–H groups in total. The van der Waals surface area contributed by atoms with Gasteiger partial charge in [-0.05, 0) is 18.2 Å². The molecule has 6 nitrogen and oxygen atoms in total. The number of aromatic nitrogens is 4. The quantitative estimate of drug-likeness (QED) is 0.751. The molecule has 0 aliphatic carbocycles. The maximum absolute atomic E-state index is 5.04. The molecule has 0 fully saturated rings. The van der Waals surface area contributed by atoms with E-state index in [2.05, 4.69) is 25.5 Å². The van der Waals surface area contributed by atoms with E-state index >= 15 is 0 Å². The van der Waals surface area contributed by atoms with Crippen LogP contribution in [0.2, 0.25) is 0 Å². The predicted octanol–water partition coefficient (Wildman–Crippen LogP) is 2.49. The lowest BCUT2D eigenvalue weighted by Crippen LogP contribution is -2.00. The van der Waals surface area contributed by atoms with Gasteiger partial charge in [-0.15, -0.1) is 0 Å². The van der Waals surface area contributed by atoms with E-state index < -0.39 is 0 Å². The summed E-state index contributed by atoms with van der Waals surface area (Å²) in [7, 11) is 1.60. The van der Waals surface area contributed by atoms with Gasteiger partial charge in [0.15, 0.2) is 0 Å². The fourth-order valence-corrected chi connectivity index (χ4v) is 2.01. The molecule has 3 aromatic rings. The number of nitrogens with zero attached hydrogens (tertiary/aromatic N) is 3. The maximum Gasteiger partial charge on any atom is 0.213 e. The molecule has 3 rings (SSSR count). The van der Waals surface area contributed by atoms with E-state index in [1.807, 2.05) is 36.7 Å². The fraction of sp³-hybridized carbons (Fsp3) is 0.133. The van der Waals surface area contributed by atoms with E-state index in [1.165, 1.54) is 0 Å². The third-order valence-corrected chi connectivity index (χ3v) is 3.10. The van der Waals surface area contributed by atoms with E-state index in [0.29, 0.717) is 12.4 Å². The average Bonchev–Trinajstić information content (AvgIpc) is 3.03. The van der Waals surface area contributed by atoms with Crippen LogP contribution in [0, 0.1) is 0 Å². The molecule has 6 heteroatoms. The number of nitrogens with one attached hydrogen (secondary N) is 2. The first-order valence-electron chi connectivity index (χ1n) is 6.53. The van der Waals surface area contributed by atoms with Crippen LogP contribution in [0.3, 0.4) is 0 Å². The van der Waals surface area contributed by atoms with E-state index in [9.17, 15) is 0 Å². The first-order valence-corrected chi connectivity index (χ1v) is 6.53. The number of anilines is 1. The van der Waals surface area contributed by atoms with Gasteiger partial charge in [-0.2, -0.15) is 5.10 Å². The number of methoxy groups -OCH3 is 1. The minimum Gasteiger partial charge on any atom is -0.481 e. The van der Waals surface area contributed by atoms with Gasteiger partial charge in [-0.25, -0.2) is 4.98 Å². The Morgan fingerprint density at radius 2 is 2.14 bits per heavy atom. The minimum absolute atomic E-state index is 0.597. The summed E-state index contributed by atoms with van der Waals surface area (Å²) in [5, 5.41) is 10.4. The molecule has 0 saturated heterocycles. The minimum atomic E-state index is 0.597. The molecule has 106 valence electrons. The number of ether oxygens (including phenoxy) is 1. The topological polar surface area (TPSA) is 75.7 Å². The zero-order chi connectivity index (χ0) is 14.5. The largest absolute Gasteiger partial charge is 0.481 e. The summed E-state index contributed by atoms with van der Waals surface area (Å²) in [6, 6.07) is 7.65. The lowest BCUT2D eigenvalue weighted by Gasteiger charge is -2.07. The van der Waals surface area contributed by atoms with Gasteiger partial charge < -0.3 is 10.1 Å². The number of hydrogen-bond acceptors (Lipinski definition) is 5. The normalized spacial score (nSPS) is 10.3. The van der Waals surface area contributed by atoms with Crippen molar-refractivity contribution in [2.45, 2.75) is 6.54 Å². The van der Waals surface area contributed by atoms with Crippen molar-refractivity contribution in [2.75, 3.05) is 12.4 Å². The molecule has 0 unspecified atom stereocenters. The van der Waals surface area contributed by atoms with Crippen LogP contribution in [0.15, 0.2) is 49.1 Å². The van der Waals surface area contributed by atoms with Crippen molar-refractivity contribution in [1.82, 2.24) is 20.2 Å². The van der Waals surface area contributed by atoms with Crippen molar-refractivity contribution in [3.63, 3.8) is 0 Å². The summed E-state index contributed by atoms with van der Waals surface area (Å²) in [5.74, 6) is 0.597. The maximum atomic E-state index is 5.04. The van der Waals surface area contributed by atoms with Gasteiger partial charge in [0.25, 0.3) is 0 Å². The molecule has 0 aliphatic heterocycles. The molecule has 0 aromatic carbocycles. The zero-order valence-electron chi connectivity index (χ0n) is 11.6. The van der Waals surface area contributed by atoms with Crippen LogP contribution in [0.25, 0.3) is 11.3 Å². The Labute approximate surface area is 122 Å². The lowest BCUT2D eigenvalue weighted by molar-refractivity contribution is 0.398. The van der Waals surface area contributed by atoms with Gasteiger partial charge in [-0.1, -0.05) is 0 Å². The summed E-state index contributed by atoms with van der Waals surface area (Å²) < 4.78 is 5.04. The van der Waals surface area contributed by atoms with Crippen molar-refractivity contribution >= 4 is 5.69 Å². The molecule has 0 radical (unpaired) electrons. The molecular formula is C15H15N5O. The number of aromatic amines is 1. The van der Waals surface area contributed by atoms with Crippen LogP contribution >= 0.6 is 0 Å². The smallest absolute Gasteiger partial charge is 0.213 e. The highest BCUT2D eigenvalue weighted by Crippen LogP contribution is 2.21. The highest BCUT2D eigenvalue weighted by atomic mass is 16.5. The van der Waals surface area contributed by atoms with Crippen LogP contribution in [0.1, 0.15) is 5.56 Å². The van der Waals surface area contributed by atoms with Crippen LogP contribution in [-0.2, 0) is 6.54 Å². The van der Waals surface area contributed by atoms with Crippen molar-refractivity contribution in [2.24, 2.45) is 0 Å². The van der Waals surface area contributed by atoms with Crippen LogP contribution in [0.4, 0.5) is 5.69 Å². The number of rotatable bonds is 5. The summed E-state index contributed by atoms with van der Waals surface area (Å²) in [6.45, 7) is 0.648. The Bertz CT molecular complexity index is 694. The fourth-order valence-electron chi connectivity index (χ4n) is 2.01. The lowest BCUT2D eigenvalue weighted by atomic mass is 10.1. The van der Waals surface area contributed by atoms with E-state index in [1.54, 1.807) is 19.5 Å². The summed E-state index contributed by atoms with van der Waals surface area (Å²) in [6.07, 6.45) is 7.11. The average molecular weight is 281 g/mol. The monoisotopic (exact) mass is 281 g/mol. The molecule has 0 atom stereocenters. The van der Waals surface area contributed by atoms with Crippen molar-refractivity contribution in [3.05, 3.63) is 54.6 Å². The molecule has 3 aromatic heterocycles. The van der Waals surface area contributed by atoms with Gasteiger partial charge >= 0.3 is 0 Å². The highest BCUT2D eigenvalue weighted by molar-refractivity contribution is 5.62. The van der Waals surface area contributed by atoms with Crippen molar-refractivity contribution < 1.29 is 4.74 Å². The third kappa shape index (κ3) is 3.00. The Balaban J connectivity index is 1.72. The highest BCUT2D eigenvalue weighted by Gasteiger charge is 2.07. The predicted molar refractivity (Wildman–Crippen MR) is 79.9 cm³/mol. The van der Waals surface area contributed by atoms with E-state index in [-0.39, 0.29) is 0 Å². The first kappa shape index (κ1) is 13.1. The summed E-state index contributed by atoms with van der Waals surface area (Å²) in [4.78, 5) is 8.29. The van der Waals surface area contributed by atoms with Gasteiger partial charge in [0.2, 0.25) is 5.88 Å². The zero-order valence-corrected chi connectivity index (χ0v) is 11.6. The van der Waals surface area contributed by atoms with E-state index in [0.717, 1.165) is 22.5 Å². The second-order valence-corrected chi connectivity index (χ2v) is 4.45. The van der Waals surface area contributed by atoms with Crippen LogP contribution in [-0.4, -0.2) is 27.3 Å². The Morgan fingerprint density at radius 1 is 1.19 bits per heavy atom. The number of hydrogen-bond donors (Lipinski definition) is 2. The van der Waals surface area contributed by atoms with Gasteiger partial charge in [0.05, 0.1) is 30.9 Å². The molecule has 3 heterocycles. The van der Waals surface area contributed by atoms with Gasteiger partial charge in [0.1, 0.15) is 0 Å². The first-order chi connectivity index (χ1) is 10.4. The molecule has 0 bridgehead atoms. The van der Waals surface area contributed by atoms with Crippen molar-refractivity contribution in [3.8, 4) is 17.1 Å². The molecule has 0 amide bonds. The molecule has 21 heavy (non-hydrogen) atoms. The Kier molecular flexibility index (Phi) is 3.77. The van der Waals surface area contributed by atoms with Crippen molar-refractivity contribution in [1.29, 1.82) is 0 Å². The standard InChI is InChI=1S/C15H15N5O/c1-21-14-5-4-13(10-18-14)17-8-12-9-19-20-15(12)11-3-2-6-16-7-11/h2-7,9-10,17H,8H2,1H3,(H,19,20). The van der Waals surface area contributed by atoms with E-state index in [4.69, 9.17) is 4.74 Å². The van der Waals surface area contributed by atoms with Gasteiger partial charge in [0, 0.05) is 36.1 Å². The van der Waals surface area contributed by atoms with Gasteiger partial charge in [-0.3, -0.25) is 10.1 Å². The molecule has 0 spiro atoms. The third-order valence-electron chi connectivity index (χ3n) is 3.10. The molecule has 0 aliphatic rings. The second kappa shape index (κ2) is 6.04.